The molecule has 1 saturated heterocycles. The summed E-state index contributed by atoms with van der Waals surface area (Å²) in [5.41, 5.74) is 1.08. The second-order valence-corrected chi connectivity index (χ2v) is 6.04. The Morgan fingerprint density at radius 1 is 1.58 bits per heavy atom. The van der Waals surface area contributed by atoms with Gasteiger partial charge in [-0.2, -0.15) is 16.9 Å². The second kappa shape index (κ2) is 6.63. The molecular formula is C13H23N3O2S. The number of hydrogen-bond donors (Lipinski definition) is 1. The Morgan fingerprint density at radius 3 is 2.89 bits per heavy atom. The third-order valence-electron chi connectivity index (χ3n) is 3.33. The van der Waals surface area contributed by atoms with Gasteiger partial charge in [0.2, 0.25) is 0 Å². The smallest absolute Gasteiger partial charge is 0.161 e. The van der Waals surface area contributed by atoms with Gasteiger partial charge < -0.3 is 14.8 Å². The minimum Gasteiger partial charge on any atom is -0.493 e. The zero-order valence-electron chi connectivity index (χ0n) is 12.0. The van der Waals surface area contributed by atoms with E-state index in [0.29, 0.717) is 6.04 Å². The predicted octanol–water partition coefficient (Wildman–Crippen LogP) is 1.87. The van der Waals surface area contributed by atoms with Crippen molar-refractivity contribution >= 4 is 11.8 Å². The van der Waals surface area contributed by atoms with E-state index in [9.17, 15) is 0 Å². The molecule has 1 aliphatic heterocycles. The standard InChI is InChI=1S/C13H23N3O2S/c1-9(2)16-13(10(17-4)7-15-16)12(14-3)11-8-19-6-5-18-11/h7,9,11-12,14H,5-6,8H2,1-4H3. The van der Waals surface area contributed by atoms with Crippen LogP contribution in [0.5, 0.6) is 5.75 Å². The average Bonchev–Trinajstić information content (AvgIpc) is 2.85. The molecule has 0 aliphatic carbocycles. The first-order chi connectivity index (χ1) is 9.19. The Hall–Kier alpha value is -0.720. The summed E-state index contributed by atoms with van der Waals surface area (Å²) in [5.74, 6) is 2.90. The minimum absolute atomic E-state index is 0.104. The summed E-state index contributed by atoms with van der Waals surface area (Å²) in [5, 5.41) is 7.80. The van der Waals surface area contributed by atoms with Crippen LogP contribution in [-0.4, -0.2) is 48.2 Å². The predicted molar refractivity (Wildman–Crippen MR) is 78.0 cm³/mol. The maximum absolute atomic E-state index is 5.91. The number of nitrogens with zero attached hydrogens (tertiary/aromatic N) is 2. The number of aromatic nitrogens is 2. The highest BCUT2D eigenvalue weighted by Gasteiger charge is 2.31. The highest BCUT2D eigenvalue weighted by molar-refractivity contribution is 7.99. The normalized spacial score (nSPS) is 21.6. The highest BCUT2D eigenvalue weighted by Crippen LogP contribution is 2.32. The number of ether oxygens (including phenoxy) is 2. The minimum atomic E-state index is 0.104. The van der Waals surface area contributed by atoms with Crippen LogP contribution in [0.2, 0.25) is 0 Å². The van der Waals surface area contributed by atoms with Crippen molar-refractivity contribution in [2.75, 3.05) is 32.3 Å². The summed E-state index contributed by atoms with van der Waals surface area (Å²) in [6.07, 6.45) is 1.95. The molecule has 1 aromatic heterocycles. The van der Waals surface area contributed by atoms with Gasteiger partial charge in [0, 0.05) is 17.5 Å². The fourth-order valence-electron chi connectivity index (χ4n) is 2.42. The summed E-state index contributed by atoms with van der Waals surface area (Å²) in [6, 6.07) is 0.402. The number of nitrogens with one attached hydrogen (secondary N) is 1. The van der Waals surface area contributed by atoms with E-state index >= 15 is 0 Å². The van der Waals surface area contributed by atoms with Gasteiger partial charge in [-0.1, -0.05) is 0 Å². The van der Waals surface area contributed by atoms with Gasteiger partial charge in [0.15, 0.2) is 5.75 Å². The van der Waals surface area contributed by atoms with Gasteiger partial charge >= 0.3 is 0 Å². The molecule has 0 bridgehead atoms. The van der Waals surface area contributed by atoms with Crippen molar-refractivity contribution in [3.8, 4) is 5.75 Å². The summed E-state index contributed by atoms with van der Waals surface area (Å²) < 4.78 is 13.4. The van der Waals surface area contributed by atoms with E-state index in [4.69, 9.17) is 9.47 Å². The maximum atomic E-state index is 5.91. The molecule has 19 heavy (non-hydrogen) atoms. The molecule has 1 aliphatic rings. The monoisotopic (exact) mass is 285 g/mol. The summed E-state index contributed by atoms with van der Waals surface area (Å²) in [6.45, 7) is 5.06. The summed E-state index contributed by atoms with van der Waals surface area (Å²) in [4.78, 5) is 0. The topological polar surface area (TPSA) is 48.3 Å². The molecule has 1 aromatic rings. The highest BCUT2D eigenvalue weighted by atomic mass is 32.2. The SMILES string of the molecule is CNC(c1c(OC)cnn1C(C)C)C1CSCCO1. The fourth-order valence-corrected chi connectivity index (χ4v) is 3.32. The third kappa shape index (κ3) is 3.07. The Kier molecular flexibility index (Phi) is 5.13. The van der Waals surface area contributed by atoms with Gasteiger partial charge in [-0.05, 0) is 20.9 Å². The van der Waals surface area contributed by atoms with E-state index in [2.05, 4.69) is 24.3 Å². The first-order valence-corrected chi connectivity index (χ1v) is 7.82. The lowest BCUT2D eigenvalue weighted by Gasteiger charge is -2.31. The number of thioether (sulfide) groups is 1. The average molecular weight is 285 g/mol. The number of likely N-dealkylation sites (N-methyl/N-ethyl adjacent to an activating group) is 1. The first kappa shape index (κ1) is 14.7. The van der Waals surface area contributed by atoms with Crippen LogP contribution in [0.1, 0.15) is 31.6 Å². The van der Waals surface area contributed by atoms with E-state index in [1.807, 2.05) is 23.5 Å². The largest absolute Gasteiger partial charge is 0.493 e. The van der Waals surface area contributed by atoms with E-state index < -0.39 is 0 Å². The fraction of sp³-hybridized carbons (Fsp3) is 0.769. The van der Waals surface area contributed by atoms with Gasteiger partial charge in [-0.25, -0.2) is 0 Å². The molecule has 0 radical (unpaired) electrons. The number of hydrogen-bond acceptors (Lipinski definition) is 5. The Morgan fingerprint density at radius 2 is 2.37 bits per heavy atom. The zero-order chi connectivity index (χ0) is 13.8. The van der Waals surface area contributed by atoms with Crippen molar-refractivity contribution in [1.29, 1.82) is 0 Å². The maximum Gasteiger partial charge on any atom is 0.161 e. The molecule has 0 saturated carbocycles. The zero-order valence-corrected chi connectivity index (χ0v) is 12.9. The van der Waals surface area contributed by atoms with Crippen LogP contribution < -0.4 is 10.1 Å². The van der Waals surface area contributed by atoms with Gasteiger partial charge in [0.1, 0.15) is 5.69 Å². The van der Waals surface area contributed by atoms with Crippen LogP contribution in [-0.2, 0) is 4.74 Å². The van der Waals surface area contributed by atoms with Crippen LogP contribution >= 0.6 is 11.8 Å². The lowest BCUT2D eigenvalue weighted by atomic mass is 10.1. The number of rotatable bonds is 5. The molecule has 1 fully saturated rings. The third-order valence-corrected chi connectivity index (χ3v) is 4.35. The van der Waals surface area contributed by atoms with Crippen molar-refractivity contribution < 1.29 is 9.47 Å². The van der Waals surface area contributed by atoms with Crippen molar-refractivity contribution in [3.63, 3.8) is 0 Å². The van der Waals surface area contributed by atoms with Gasteiger partial charge in [0.25, 0.3) is 0 Å². The quantitative estimate of drug-likeness (QED) is 0.895. The molecular weight excluding hydrogens is 262 g/mol. The summed E-state index contributed by atoms with van der Waals surface area (Å²) >= 11 is 1.94. The Labute approximate surface area is 119 Å². The molecule has 5 nitrogen and oxygen atoms in total. The Balaban J connectivity index is 2.32. The molecule has 6 heteroatoms. The van der Waals surface area contributed by atoms with Gasteiger partial charge in [0.05, 0.1) is 32.1 Å². The molecule has 0 amide bonds. The lowest BCUT2D eigenvalue weighted by Crippen LogP contribution is -2.38. The molecule has 0 aromatic carbocycles. The van der Waals surface area contributed by atoms with Crippen molar-refractivity contribution in [3.05, 3.63) is 11.9 Å². The van der Waals surface area contributed by atoms with Gasteiger partial charge in [-0.3, -0.25) is 4.68 Å². The van der Waals surface area contributed by atoms with E-state index in [-0.39, 0.29) is 12.1 Å². The van der Waals surface area contributed by atoms with Crippen LogP contribution in [0, 0.1) is 0 Å². The van der Waals surface area contributed by atoms with Gasteiger partial charge in [-0.15, -0.1) is 0 Å². The van der Waals surface area contributed by atoms with E-state index in [0.717, 1.165) is 29.6 Å². The van der Waals surface area contributed by atoms with E-state index in [1.54, 1.807) is 13.3 Å². The Bertz CT molecular complexity index is 403. The molecule has 2 unspecified atom stereocenters. The lowest BCUT2D eigenvalue weighted by molar-refractivity contribution is 0.0455. The molecule has 1 N–H and O–H groups in total. The van der Waals surface area contributed by atoms with Crippen molar-refractivity contribution in [2.45, 2.75) is 32.0 Å². The second-order valence-electron chi connectivity index (χ2n) is 4.89. The summed E-state index contributed by atoms with van der Waals surface area (Å²) in [7, 11) is 3.65. The van der Waals surface area contributed by atoms with Crippen LogP contribution in [0.25, 0.3) is 0 Å². The molecule has 2 atom stereocenters. The van der Waals surface area contributed by atoms with Crippen LogP contribution in [0.3, 0.4) is 0 Å². The number of methoxy groups -OCH3 is 1. The van der Waals surface area contributed by atoms with Crippen LogP contribution in [0.4, 0.5) is 0 Å². The first-order valence-electron chi connectivity index (χ1n) is 6.67. The molecule has 108 valence electrons. The van der Waals surface area contributed by atoms with E-state index in [1.165, 1.54) is 0 Å². The molecule has 2 rings (SSSR count). The molecule has 0 spiro atoms. The van der Waals surface area contributed by atoms with Crippen molar-refractivity contribution in [2.24, 2.45) is 0 Å². The van der Waals surface area contributed by atoms with Crippen molar-refractivity contribution in [1.82, 2.24) is 15.1 Å². The molecule has 2 heterocycles. The van der Waals surface area contributed by atoms with Crippen LogP contribution in [0.15, 0.2) is 6.20 Å².